The van der Waals surface area contributed by atoms with Gasteiger partial charge in [0.05, 0.1) is 23.3 Å². The van der Waals surface area contributed by atoms with E-state index in [2.05, 4.69) is 11.1 Å². The van der Waals surface area contributed by atoms with Gasteiger partial charge in [-0.2, -0.15) is 5.26 Å². The first-order chi connectivity index (χ1) is 8.79. The molecule has 1 aliphatic carbocycles. The van der Waals surface area contributed by atoms with Gasteiger partial charge in [-0.15, -0.1) is 0 Å². The lowest BCUT2D eigenvalue weighted by Gasteiger charge is -2.14. The van der Waals surface area contributed by atoms with Gasteiger partial charge in [0, 0.05) is 10.7 Å². The van der Waals surface area contributed by atoms with Crippen molar-refractivity contribution in [1.82, 2.24) is 9.55 Å². The molecule has 0 unspecified atom stereocenters. The molecule has 0 saturated heterocycles. The number of nitriles is 1. The number of rotatable bonds is 1. The molecule has 0 N–H and O–H groups in total. The summed E-state index contributed by atoms with van der Waals surface area (Å²) in [5, 5.41) is 9.79. The van der Waals surface area contributed by atoms with Crippen molar-refractivity contribution >= 4 is 11.6 Å². The zero-order chi connectivity index (χ0) is 12.5. The van der Waals surface area contributed by atoms with Crippen LogP contribution in [0.25, 0.3) is 5.69 Å². The largest absolute Gasteiger partial charge is 0.302 e. The van der Waals surface area contributed by atoms with Crippen molar-refractivity contribution in [2.45, 2.75) is 25.7 Å². The SMILES string of the molecule is N#Cc1cc(Cl)ccc1-n1cnc2c1CCCC2. The van der Waals surface area contributed by atoms with E-state index < -0.39 is 0 Å². The van der Waals surface area contributed by atoms with Gasteiger partial charge >= 0.3 is 0 Å². The summed E-state index contributed by atoms with van der Waals surface area (Å²) in [6, 6.07) is 7.60. The fourth-order valence-electron chi connectivity index (χ4n) is 2.48. The number of hydrogen-bond donors (Lipinski definition) is 0. The van der Waals surface area contributed by atoms with Crippen LogP contribution in [0.1, 0.15) is 29.8 Å². The second-order valence-corrected chi connectivity index (χ2v) is 4.92. The number of aryl methyl sites for hydroxylation is 1. The minimum Gasteiger partial charge on any atom is -0.302 e. The monoisotopic (exact) mass is 257 g/mol. The van der Waals surface area contributed by atoms with E-state index in [1.165, 1.54) is 24.2 Å². The number of hydrogen-bond acceptors (Lipinski definition) is 2. The van der Waals surface area contributed by atoms with Crippen molar-refractivity contribution in [2.24, 2.45) is 0 Å². The van der Waals surface area contributed by atoms with Gasteiger partial charge in [-0.25, -0.2) is 4.98 Å². The van der Waals surface area contributed by atoms with Crippen LogP contribution in [-0.2, 0) is 12.8 Å². The van der Waals surface area contributed by atoms with E-state index in [0.717, 1.165) is 18.5 Å². The maximum atomic E-state index is 9.20. The van der Waals surface area contributed by atoms with Crippen molar-refractivity contribution in [2.75, 3.05) is 0 Å². The molecule has 0 radical (unpaired) electrons. The Morgan fingerprint density at radius 2 is 2.11 bits per heavy atom. The van der Waals surface area contributed by atoms with Crippen molar-refractivity contribution in [1.29, 1.82) is 5.26 Å². The molecule has 2 aromatic rings. The second-order valence-electron chi connectivity index (χ2n) is 4.49. The second kappa shape index (κ2) is 4.47. The van der Waals surface area contributed by atoms with Crippen LogP contribution in [0.4, 0.5) is 0 Å². The fraction of sp³-hybridized carbons (Fsp3) is 0.286. The Balaban J connectivity index is 2.16. The standard InChI is InChI=1S/C14H12ClN3/c15-11-5-6-13(10(7-11)8-16)18-9-17-12-3-1-2-4-14(12)18/h5-7,9H,1-4H2. The molecule has 0 bridgehead atoms. The van der Waals surface area contributed by atoms with Gasteiger partial charge in [0.2, 0.25) is 0 Å². The normalized spacial score (nSPS) is 14.0. The highest BCUT2D eigenvalue weighted by molar-refractivity contribution is 6.30. The molecule has 1 heterocycles. The Morgan fingerprint density at radius 1 is 1.28 bits per heavy atom. The van der Waals surface area contributed by atoms with Crippen LogP contribution in [0, 0.1) is 11.3 Å². The highest BCUT2D eigenvalue weighted by atomic mass is 35.5. The molecular weight excluding hydrogens is 246 g/mol. The first-order valence-electron chi connectivity index (χ1n) is 6.04. The molecule has 3 rings (SSSR count). The van der Waals surface area contributed by atoms with Gasteiger partial charge in [0.15, 0.2) is 0 Å². The van der Waals surface area contributed by atoms with Crippen LogP contribution in [0.5, 0.6) is 0 Å². The Bertz CT molecular complexity index is 637. The van der Waals surface area contributed by atoms with Gasteiger partial charge in [0.1, 0.15) is 6.07 Å². The molecule has 0 fully saturated rings. The quantitative estimate of drug-likeness (QED) is 0.787. The zero-order valence-electron chi connectivity index (χ0n) is 9.86. The van der Waals surface area contributed by atoms with E-state index in [1.54, 1.807) is 6.07 Å². The number of imidazole rings is 1. The molecule has 18 heavy (non-hydrogen) atoms. The molecule has 1 aliphatic rings. The van der Waals surface area contributed by atoms with Crippen molar-refractivity contribution in [3.8, 4) is 11.8 Å². The molecule has 90 valence electrons. The Morgan fingerprint density at radius 3 is 2.94 bits per heavy atom. The van der Waals surface area contributed by atoms with Crippen LogP contribution in [0.15, 0.2) is 24.5 Å². The molecule has 0 atom stereocenters. The van der Waals surface area contributed by atoms with E-state index >= 15 is 0 Å². The molecule has 0 aliphatic heterocycles. The summed E-state index contributed by atoms with van der Waals surface area (Å²) >= 11 is 5.92. The van der Waals surface area contributed by atoms with Crippen molar-refractivity contribution < 1.29 is 0 Å². The number of halogens is 1. The summed E-state index contributed by atoms with van der Waals surface area (Å²) in [5.41, 5.74) is 3.87. The molecule has 1 aromatic carbocycles. The summed E-state index contributed by atoms with van der Waals surface area (Å²) in [6.45, 7) is 0. The third-order valence-electron chi connectivity index (χ3n) is 3.37. The third kappa shape index (κ3) is 1.79. The van der Waals surface area contributed by atoms with Gasteiger partial charge < -0.3 is 4.57 Å². The lowest BCUT2D eigenvalue weighted by molar-refractivity contribution is 0.656. The highest BCUT2D eigenvalue weighted by Gasteiger charge is 2.17. The lowest BCUT2D eigenvalue weighted by Crippen LogP contribution is -2.07. The van der Waals surface area contributed by atoms with Gasteiger partial charge in [-0.1, -0.05) is 11.6 Å². The molecule has 0 spiro atoms. The lowest BCUT2D eigenvalue weighted by atomic mass is 10.0. The van der Waals surface area contributed by atoms with Gasteiger partial charge in [-0.05, 0) is 43.9 Å². The summed E-state index contributed by atoms with van der Waals surface area (Å²) in [7, 11) is 0. The van der Waals surface area contributed by atoms with Crippen molar-refractivity contribution in [3.05, 3.63) is 46.5 Å². The van der Waals surface area contributed by atoms with Gasteiger partial charge in [0.25, 0.3) is 0 Å². The average Bonchev–Trinajstić information content (AvgIpc) is 2.82. The number of fused-ring (bicyclic) bond motifs is 1. The van der Waals surface area contributed by atoms with Crippen LogP contribution >= 0.6 is 11.6 Å². The van der Waals surface area contributed by atoms with Gasteiger partial charge in [-0.3, -0.25) is 0 Å². The Kier molecular flexibility index (Phi) is 2.81. The first kappa shape index (κ1) is 11.3. The molecule has 1 aromatic heterocycles. The zero-order valence-corrected chi connectivity index (χ0v) is 10.6. The molecular formula is C14H12ClN3. The van der Waals surface area contributed by atoms with Crippen LogP contribution in [-0.4, -0.2) is 9.55 Å². The first-order valence-corrected chi connectivity index (χ1v) is 6.42. The Labute approximate surface area is 111 Å². The van der Waals surface area contributed by atoms with Crippen LogP contribution in [0.2, 0.25) is 5.02 Å². The van der Waals surface area contributed by atoms with E-state index in [4.69, 9.17) is 11.6 Å². The average molecular weight is 258 g/mol. The van der Waals surface area contributed by atoms with E-state index in [-0.39, 0.29) is 0 Å². The number of benzene rings is 1. The minimum absolute atomic E-state index is 0.587. The molecule has 3 nitrogen and oxygen atoms in total. The number of nitrogens with zero attached hydrogens (tertiary/aromatic N) is 3. The summed E-state index contributed by atoms with van der Waals surface area (Å²) in [4.78, 5) is 4.45. The predicted molar refractivity (Wildman–Crippen MR) is 69.9 cm³/mol. The third-order valence-corrected chi connectivity index (χ3v) is 3.60. The fourth-order valence-corrected chi connectivity index (χ4v) is 2.66. The van der Waals surface area contributed by atoms with Crippen molar-refractivity contribution in [3.63, 3.8) is 0 Å². The summed E-state index contributed by atoms with van der Waals surface area (Å²) in [5.74, 6) is 0. The smallest absolute Gasteiger partial charge is 0.101 e. The van der Waals surface area contributed by atoms with E-state index in [9.17, 15) is 5.26 Å². The molecule has 4 heteroatoms. The van der Waals surface area contributed by atoms with E-state index in [0.29, 0.717) is 10.6 Å². The minimum atomic E-state index is 0.587. The molecule has 0 saturated carbocycles. The maximum Gasteiger partial charge on any atom is 0.101 e. The van der Waals surface area contributed by atoms with Crippen LogP contribution < -0.4 is 0 Å². The predicted octanol–water partition coefficient (Wildman–Crippen LogP) is 3.28. The maximum absolute atomic E-state index is 9.20. The highest BCUT2D eigenvalue weighted by Crippen LogP contribution is 2.26. The topological polar surface area (TPSA) is 41.6 Å². The Hall–Kier alpha value is -1.79. The summed E-state index contributed by atoms with van der Waals surface area (Å²) < 4.78 is 2.03. The molecule has 0 amide bonds. The van der Waals surface area contributed by atoms with Crippen LogP contribution in [0.3, 0.4) is 0 Å². The number of aromatic nitrogens is 2. The van der Waals surface area contributed by atoms with E-state index in [1.807, 2.05) is 23.0 Å². The summed E-state index contributed by atoms with van der Waals surface area (Å²) in [6.07, 6.45) is 6.28.